The van der Waals surface area contributed by atoms with E-state index in [1.165, 1.54) is 12.8 Å². The first kappa shape index (κ1) is 20.8. The van der Waals surface area contributed by atoms with E-state index in [4.69, 9.17) is 21.1 Å². The number of hydrogen-bond acceptors (Lipinski definition) is 5. The van der Waals surface area contributed by atoms with Crippen LogP contribution >= 0.6 is 11.6 Å². The number of cyclic esters (lactones) is 1. The van der Waals surface area contributed by atoms with Gasteiger partial charge >= 0.3 is 6.09 Å². The zero-order valence-electron chi connectivity index (χ0n) is 17.9. The van der Waals surface area contributed by atoms with Gasteiger partial charge in [0.25, 0.3) is 0 Å². The lowest BCUT2D eigenvalue weighted by molar-refractivity contribution is 0.117. The van der Waals surface area contributed by atoms with Gasteiger partial charge in [0.15, 0.2) is 0 Å². The van der Waals surface area contributed by atoms with Crippen LogP contribution in [0, 0.1) is 0 Å². The lowest BCUT2D eigenvalue weighted by atomic mass is 9.99. The van der Waals surface area contributed by atoms with Crippen LogP contribution in [0.2, 0.25) is 5.02 Å². The van der Waals surface area contributed by atoms with Gasteiger partial charge in [0, 0.05) is 22.8 Å². The third-order valence-electron chi connectivity index (χ3n) is 6.32. The first-order valence-electron chi connectivity index (χ1n) is 10.9. The van der Waals surface area contributed by atoms with Crippen LogP contribution < -0.4 is 9.64 Å². The van der Waals surface area contributed by atoms with Crippen LogP contribution in [0.4, 0.5) is 10.5 Å². The molecule has 1 aromatic heterocycles. The summed E-state index contributed by atoms with van der Waals surface area (Å²) in [5, 5.41) is 9.34. The Bertz CT molecular complexity index is 1090. The van der Waals surface area contributed by atoms with Gasteiger partial charge in [-0.15, -0.1) is 5.10 Å². The lowest BCUT2D eigenvalue weighted by Crippen LogP contribution is -2.31. The van der Waals surface area contributed by atoms with Crippen LogP contribution in [0.25, 0.3) is 0 Å². The molecule has 0 radical (unpaired) electrons. The predicted octanol–water partition coefficient (Wildman–Crippen LogP) is 5.36. The first-order chi connectivity index (χ1) is 15.6. The van der Waals surface area contributed by atoms with Gasteiger partial charge < -0.3 is 9.47 Å². The molecular weight excluding hydrogens is 428 g/mol. The Hall–Kier alpha value is -3.06. The summed E-state index contributed by atoms with van der Waals surface area (Å²) in [6.07, 6.45) is 5.96. The van der Waals surface area contributed by atoms with Gasteiger partial charge in [-0.2, -0.15) is 0 Å². The quantitative estimate of drug-likeness (QED) is 0.503. The van der Waals surface area contributed by atoms with E-state index in [-0.39, 0.29) is 6.04 Å². The minimum Gasteiger partial charge on any atom is -0.497 e. The number of benzene rings is 2. The fourth-order valence-corrected chi connectivity index (χ4v) is 4.85. The molecule has 1 saturated carbocycles. The molecule has 5 rings (SSSR count). The number of rotatable bonds is 6. The number of carbonyl (C=O) groups excluding carboxylic acids is 1. The number of methoxy groups -OCH3 is 1. The molecule has 2 aliphatic rings. The summed E-state index contributed by atoms with van der Waals surface area (Å²) in [6.45, 7) is 0.414. The number of aromatic nitrogens is 3. The second-order valence-corrected chi connectivity index (χ2v) is 8.77. The molecule has 7 nitrogen and oxygen atoms in total. The topological polar surface area (TPSA) is 69.5 Å². The number of anilines is 1. The zero-order chi connectivity index (χ0) is 22.1. The predicted molar refractivity (Wildman–Crippen MR) is 121 cm³/mol. The summed E-state index contributed by atoms with van der Waals surface area (Å²) in [7, 11) is 1.63. The highest BCUT2D eigenvalue weighted by Gasteiger charge is 2.44. The van der Waals surface area contributed by atoms with E-state index in [1.54, 1.807) is 28.8 Å². The molecule has 32 heavy (non-hydrogen) atoms. The van der Waals surface area contributed by atoms with E-state index in [2.05, 4.69) is 10.3 Å². The van der Waals surface area contributed by atoms with Crippen molar-refractivity contribution in [1.82, 2.24) is 15.0 Å². The van der Waals surface area contributed by atoms with Crippen LogP contribution in [0.1, 0.15) is 48.9 Å². The van der Waals surface area contributed by atoms with Crippen LogP contribution in [-0.4, -0.2) is 34.3 Å². The Morgan fingerprint density at radius 2 is 1.94 bits per heavy atom. The van der Waals surface area contributed by atoms with Gasteiger partial charge in [-0.1, -0.05) is 41.8 Å². The standard InChI is InChI=1S/C24H25ClN4O3/c1-31-20-8-4-7-17(13-20)23-22(15-28-14-21(26-27-28)16-5-2-3-6-16)32-24(30)29(23)19-11-9-18(25)10-12-19/h4,7-14,16,22-23H,2-3,5-6,15H2,1H3/t22-,23-/m0/s1. The molecule has 0 unspecified atom stereocenters. The molecule has 166 valence electrons. The Morgan fingerprint density at radius 3 is 2.69 bits per heavy atom. The molecule has 1 aliphatic carbocycles. The fourth-order valence-electron chi connectivity index (χ4n) is 4.72. The molecule has 2 fully saturated rings. The number of carbonyl (C=O) groups is 1. The SMILES string of the molecule is COc1cccc([C@H]2[C@H](Cn3cc(C4CCCC4)nn3)OC(=O)N2c2ccc(Cl)cc2)c1. The van der Waals surface area contributed by atoms with Crippen molar-refractivity contribution in [3.05, 3.63) is 71.0 Å². The maximum Gasteiger partial charge on any atom is 0.415 e. The van der Waals surface area contributed by atoms with E-state index in [0.717, 1.165) is 35.5 Å². The van der Waals surface area contributed by atoms with Gasteiger partial charge in [-0.3, -0.25) is 4.90 Å². The van der Waals surface area contributed by atoms with Crippen molar-refractivity contribution in [2.45, 2.75) is 50.3 Å². The van der Waals surface area contributed by atoms with Crippen LogP contribution in [0.15, 0.2) is 54.7 Å². The zero-order valence-corrected chi connectivity index (χ0v) is 18.6. The Balaban J connectivity index is 1.47. The van der Waals surface area contributed by atoms with E-state index < -0.39 is 12.2 Å². The summed E-state index contributed by atoms with van der Waals surface area (Å²) in [5.74, 6) is 1.20. The van der Waals surface area contributed by atoms with Crippen molar-refractivity contribution >= 4 is 23.4 Å². The molecule has 2 aromatic carbocycles. The molecular formula is C24H25ClN4O3. The Morgan fingerprint density at radius 1 is 1.16 bits per heavy atom. The van der Waals surface area contributed by atoms with Gasteiger partial charge in [0.1, 0.15) is 17.9 Å². The number of amides is 1. The summed E-state index contributed by atoms with van der Waals surface area (Å²) >= 11 is 6.07. The van der Waals surface area contributed by atoms with Gasteiger partial charge in [-0.25, -0.2) is 9.48 Å². The highest BCUT2D eigenvalue weighted by atomic mass is 35.5. The minimum absolute atomic E-state index is 0.349. The van der Waals surface area contributed by atoms with Crippen molar-refractivity contribution in [3.63, 3.8) is 0 Å². The monoisotopic (exact) mass is 452 g/mol. The van der Waals surface area contributed by atoms with E-state index in [1.807, 2.05) is 42.6 Å². The van der Waals surface area contributed by atoms with Gasteiger partial charge in [0.05, 0.1) is 19.3 Å². The molecule has 2 atom stereocenters. The van der Waals surface area contributed by atoms with Crippen molar-refractivity contribution < 1.29 is 14.3 Å². The van der Waals surface area contributed by atoms with E-state index in [0.29, 0.717) is 17.5 Å². The van der Waals surface area contributed by atoms with Crippen molar-refractivity contribution in [2.24, 2.45) is 0 Å². The average molecular weight is 453 g/mol. The third kappa shape index (κ3) is 4.05. The highest BCUT2D eigenvalue weighted by Crippen LogP contribution is 2.39. The minimum atomic E-state index is -0.441. The highest BCUT2D eigenvalue weighted by molar-refractivity contribution is 6.30. The maximum absolute atomic E-state index is 13.0. The number of hydrogen-bond donors (Lipinski definition) is 0. The number of nitrogens with zero attached hydrogens (tertiary/aromatic N) is 4. The molecule has 0 bridgehead atoms. The number of ether oxygens (including phenoxy) is 2. The van der Waals surface area contributed by atoms with E-state index in [9.17, 15) is 4.79 Å². The fraction of sp³-hybridized carbons (Fsp3) is 0.375. The molecule has 1 saturated heterocycles. The average Bonchev–Trinajstić information content (AvgIpc) is 3.55. The smallest absolute Gasteiger partial charge is 0.415 e. The van der Waals surface area contributed by atoms with Gasteiger partial charge in [-0.05, 0) is 54.8 Å². The van der Waals surface area contributed by atoms with Crippen LogP contribution in [-0.2, 0) is 11.3 Å². The molecule has 8 heteroatoms. The largest absolute Gasteiger partial charge is 0.497 e. The third-order valence-corrected chi connectivity index (χ3v) is 6.57. The summed E-state index contributed by atoms with van der Waals surface area (Å²) in [4.78, 5) is 14.7. The summed E-state index contributed by atoms with van der Waals surface area (Å²) in [5.41, 5.74) is 2.67. The molecule has 0 N–H and O–H groups in total. The molecule has 3 aromatic rings. The van der Waals surface area contributed by atoms with Gasteiger partial charge in [0.2, 0.25) is 0 Å². The van der Waals surface area contributed by atoms with Crippen molar-refractivity contribution in [3.8, 4) is 5.75 Å². The lowest BCUT2D eigenvalue weighted by Gasteiger charge is -2.25. The van der Waals surface area contributed by atoms with Crippen LogP contribution in [0.5, 0.6) is 5.75 Å². The van der Waals surface area contributed by atoms with Crippen molar-refractivity contribution in [1.29, 1.82) is 0 Å². The molecule has 1 aliphatic heterocycles. The number of halogens is 1. The summed E-state index contributed by atoms with van der Waals surface area (Å²) in [6, 6.07) is 14.6. The summed E-state index contributed by atoms with van der Waals surface area (Å²) < 4.78 is 13.1. The van der Waals surface area contributed by atoms with Crippen molar-refractivity contribution in [2.75, 3.05) is 12.0 Å². The van der Waals surface area contributed by atoms with Crippen LogP contribution in [0.3, 0.4) is 0 Å². The molecule has 0 spiro atoms. The Labute approximate surface area is 191 Å². The maximum atomic E-state index is 13.0. The first-order valence-corrected chi connectivity index (χ1v) is 11.3. The van der Waals surface area contributed by atoms with E-state index >= 15 is 0 Å². The Kier molecular flexibility index (Phi) is 5.74. The second kappa shape index (κ2) is 8.82. The second-order valence-electron chi connectivity index (χ2n) is 8.34. The molecule has 1 amide bonds. The normalized spacial score (nSPS) is 21.2. The molecule has 2 heterocycles.